The van der Waals surface area contributed by atoms with Crippen molar-refractivity contribution in [1.29, 1.82) is 0 Å². The Morgan fingerprint density at radius 2 is 2.27 bits per heavy atom. The van der Waals surface area contributed by atoms with Crippen molar-refractivity contribution in [1.82, 2.24) is 25.1 Å². The van der Waals surface area contributed by atoms with Crippen LogP contribution in [0.25, 0.3) is 11.4 Å². The Labute approximate surface area is 129 Å². The van der Waals surface area contributed by atoms with Crippen LogP contribution < -0.4 is 5.73 Å². The minimum Gasteiger partial charge on any atom is -0.370 e. The molecule has 3 rings (SSSR count). The number of aromatic nitrogens is 4. The number of nitrogens with one attached hydrogen (secondary N) is 1. The molecule has 0 aromatic carbocycles. The molecule has 0 radical (unpaired) electrons. The van der Waals surface area contributed by atoms with Gasteiger partial charge in [0.05, 0.1) is 0 Å². The lowest BCUT2D eigenvalue weighted by atomic mass is 10.0. The first-order valence-electron chi connectivity index (χ1n) is 7.59. The minimum absolute atomic E-state index is 0.412. The van der Waals surface area contributed by atoms with Crippen LogP contribution in [0.15, 0.2) is 29.5 Å². The third kappa shape index (κ3) is 3.41. The quantitative estimate of drug-likeness (QED) is 0.660. The van der Waals surface area contributed by atoms with Crippen LogP contribution in [0.5, 0.6) is 0 Å². The summed E-state index contributed by atoms with van der Waals surface area (Å²) in [4.78, 5) is 15.0. The van der Waals surface area contributed by atoms with E-state index in [9.17, 15) is 0 Å². The van der Waals surface area contributed by atoms with E-state index in [-0.39, 0.29) is 0 Å². The summed E-state index contributed by atoms with van der Waals surface area (Å²) in [5, 5.41) is 7.11. The van der Waals surface area contributed by atoms with Crippen molar-refractivity contribution in [2.24, 2.45) is 16.6 Å². The third-order valence-electron chi connectivity index (χ3n) is 3.84. The van der Waals surface area contributed by atoms with Gasteiger partial charge >= 0.3 is 0 Å². The van der Waals surface area contributed by atoms with Crippen molar-refractivity contribution in [3.63, 3.8) is 0 Å². The Kier molecular flexibility index (Phi) is 4.32. The first kappa shape index (κ1) is 14.5. The van der Waals surface area contributed by atoms with E-state index in [0.717, 1.165) is 18.7 Å². The zero-order valence-corrected chi connectivity index (χ0v) is 12.7. The van der Waals surface area contributed by atoms with Crippen molar-refractivity contribution in [2.45, 2.75) is 26.3 Å². The number of guanidine groups is 1. The molecule has 0 aliphatic carbocycles. The van der Waals surface area contributed by atoms with E-state index in [1.807, 2.05) is 12.1 Å². The third-order valence-corrected chi connectivity index (χ3v) is 3.84. The first-order valence-corrected chi connectivity index (χ1v) is 7.59. The maximum absolute atomic E-state index is 6.08. The van der Waals surface area contributed by atoms with Gasteiger partial charge in [0.15, 0.2) is 11.8 Å². The molecule has 0 amide bonds. The van der Waals surface area contributed by atoms with Crippen molar-refractivity contribution in [3.05, 3.63) is 30.4 Å². The van der Waals surface area contributed by atoms with Crippen LogP contribution >= 0.6 is 0 Å². The molecule has 7 heteroatoms. The smallest absolute Gasteiger partial charge is 0.191 e. The molecule has 2 aromatic heterocycles. The highest BCUT2D eigenvalue weighted by molar-refractivity contribution is 5.78. The zero-order chi connectivity index (χ0) is 15.4. The number of H-pyrrole nitrogens is 1. The standard InChI is InChI=1S/C15H21N7/c1-11-3-2-8-22(10-11)15(16)18-9-13-19-14(21-20-13)12-4-6-17-7-5-12/h4-7,11H,2-3,8-10H2,1H3,(H2,16,18)(H,19,20,21). The van der Waals surface area contributed by atoms with E-state index in [1.165, 1.54) is 12.8 Å². The van der Waals surface area contributed by atoms with Crippen molar-refractivity contribution in [2.75, 3.05) is 13.1 Å². The highest BCUT2D eigenvalue weighted by Gasteiger charge is 2.17. The summed E-state index contributed by atoms with van der Waals surface area (Å²) in [6, 6.07) is 3.75. The largest absolute Gasteiger partial charge is 0.370 e. The fourth-order valence-corrected chi connectivity index (χ4v) is 2.65. The van der Waals surface area contributed by atoms with Crippen molar-refractivity contribution >= 4 is 5.96 Å². The van der Waals surface area contributed by atoms with E-state index in [1.54, 1.807) is 12.4 Å². The van der Waals surface area contributed by atoms with Gasteiger partial charge in [-0.15, -0.1) is 0 Å². The van der Waals surface area contributed by atoms with Gasteiger partial charge < -0.3 is 10.6 Å². The predicted molar refractivity (Wildman–Crippen MR) is 84.9 cm³/mol. The molecule has 1 aliphatic rings. The summed E-state index contributed by atoms with van der Waals surface area (Å²) in [7, 11) is 0. The summed E-state index contributed by atoms with van der Waals surface area (Å²) < 4.78 is 0. The molecule has 3 N–H and O–H groups in total. The monoisotopic (exact) mass is 299 g/mol. The number of pyridine rings is 1. The Balaban J connectivity index is 1.64. The molecular weight excluding hydrogens is 278 g/mol. The summed E-state index contributed by atoms with van der Waals surface area (Å²) in [6.45, 7) is 4.62. The van der Waals surface area contributed by atoms with Gasteiger partial charge in [-0.3, -0.25) is 10.1 Å². The first-order chi connectivity index (χ1) is 10.7. The summed E-state index contributed by atoms with van der Waals surface area (Å²) in [6.07, 6.45) is 5.88. The molecule has 0 bridgehead atoms. The van der Waals surface area contributed by atoms with Crippen LogP contribution in [0, 0.1) is 5.92 Å². The predicted octanol–water partition coefficient (Wildman–Crippen LogP) is 1.41. The maximum atomic E-state index is 6.08. The van der Waals surface area contributed by atoms with E-state index in [2.05, 4.69) is 37.0 Å². The number of hydrogen-bond donors (Lipinski definition) is 2. The zero-order valence-electron chi connectivity index (χ0n) is 12.7. The molecule has 3 heterocycles. The molecule has 116 valence electrons. The minimum atomic E-state index is 0.412. The number of nitrogens with two attached hydrogens (primary N) is 1. The Bertz CT molecular complexity index is 634. The van der Waals surface area contributed by atoms with Crippen LogP contribution in [0.1, 0.15) is 25.6 Å². The molecule has 1 saturated heterocycles. The molecule has 0 saturated carbocycles. The van der Waals surface area contributed by atoms with Gasteiger partial charge in [-0.2, -0.15) is 5.10 Å². The molecule has 0 spiro atoms. The number of hydrogen-bond acceptors (Lipinski definition) is 4. The number of likely N-dealkylation sites (tertiary alicyclic amines) is 1. The number of aliphatic imine (C=N–C) groups is 1. The van der Waals surface area contributed by atoms with Crippen LogP contribution in [0.4, 0.5) is 0 Å². The number of rotatable bonds is 3. The van der Waals surface area contributed by atoms with Crippen LogP contribution in [0.2, 0.25) is 0 Å². The van der Waals surface area contributed by atoms with Gasteiger partial charge in [0.1, 0.15) is 12.4 Å². The Morgan fingerprint density at radius 1 is 1.45 bits per heavy atom. The van der Waals surface area contributed by atoms with Crippen LogP contribution in [-0.4, -0.2) is 44.1 Å². The van der Waals surface area contributed by atoms with Gasteiger partial charge in [-0.1, -0.05) is 6.92 Å². The molecule has 1 unspecified atom stereocenters. The van der Waals surface area contributed by atoms with Gasteiger partial charge in [0.2, 0.25) is 0 Å². The molecule has 1 aliphatic heterocycles. The number of aromatic amines is 1. The molecular formula is C15H21N7. The second kappa shape index (κ2) is 6.55. The van der Waals surface area contributed by atoms with Gasteiger partial charge in [-0.05, 0) is 30.9 Å². The molecule has 22 heavy (non-hydrogen) atoms. The Hall–Kier alpha value is -2.44. The Morgan fingerprint density at radius 3 is 3.05 bits per heavy atom. The van der Waals surface area contributed by atoms with Gasteiger partial charge in [0, 0.05) is 31.0 Å². The second-order valence-corrected chi connectivity index (χ2v) is 5.71. The van der Waals surface area contributed by atoms with E-state index in [0.29, 0.717) is 30.1 Å². The lowest BCUT2D eigenvalue weighted by Gasteiger charge is -2.31. The van der Waals surface area contributed by atoms with E-state index >= 15 is 0 Å². The van der Waals surface area contributed by atoms with Gasteiger partial charge in [-0.25, -0.2) is 9.98 Å². The average Bonchev–Trinajstić information content (AvgIpc) is 3.02. The second-order valence-electron chi connectivity index (χ2n) is 5.71. The molecule has 1 atom stereocenters. The number of nitrogens with zero attached hydrogens (tertiary/aromatic N) is 5. The lowest BCUT2D eigenvalue weighted by molar-refractivity contribution is 0.270. The molecule has 1 fully saturated rings. The fourth-order valence-electron chi connectivity index (χ4n) is 2.65. The average molecular weight is 299 g/mol. The summed E-state index contributed by atoms with van der Waals surface area (Å²) in [5.74, 6) is 2.62. The van der Waals surface area contributed by atoms with Gasteiger partial charge in [0.25, 0.3) is 0 Å². The molecule has 2 aromatic rings. The fraction of sp³-hybridized carbons (Fsp3) is 0.467. The summed E-state index contributed by atoms with van der Waals surface area (Å²) in [5.41, 5.74) is 7.01. The van der Waals surface area contributed by atoms with Crippen molar-refractivity contribution < 1.29 is 0 Å². The lowest BCUT2D eigenvalue weighted by Crippen LogP contribution is -2.43. The maximum Gasteiger partial charge on any atom is 0.191 e. The van der Waals surface area contributed by atoms with Crippen LogP contribution in [-0.2, 0) is 6.54 Å². The number of piperidine rings is 1. The highest BCUT2D eigenvalue weighted by atomic mass is 15.3. The topological polar surface area (TPSA) is 96.1 Å². The van der Waals surface area contributed by atoms with Crippen molar-refractivity contribution in [3.8, 4) is 11.4 Å². The highest BCUT2D eigenvalue weighted by Crippen LogP contribution is 2.15. The SMILES string of the molecule is CC1CCCN(C(N)=NCc2nc(-c3ccncc3)n[nH]2)C1. The molecule has 7 nitrogen and oxygen atoms in total. The van der Waals surface area contributed by atoms with E-state index < -0.39 is 0 Å². The summed E-state index contributed by atoms with van der Waals surface area (Å²) >= 11 is 0. The van der Waals surface area contributed by atoms with E-state index in [4.69, 9.17) is 5.73 Å². The normalized spacial score (nSPS) is 19.4. The van der Waals surface area contributed by atoms with Crippen LogP contribution in [0.3, 0.4) is 0 Å².